The summed E-state index contributed by atoms with van der Waals surface area (Å²) in [7, 11) is 0. The number of aliphatic hydroxyl groups excluding tert-OH is 1. The number of aliphatic hydroxyl groups is 1. The van der Waals surface area contributed by atoms with Crippen LogP contribution in [-0.4, -0.2) is 42.4 Å². The average Bonchev–Trinajstić information content (AvgIpc) is 2.92. The van der Waals surface area contributed by atoms with Gasteiger partial charge in [0.2, 0.25) is 0 Å². The lowest BCUT2D eigenvalue weighted by Gasteiger charge is -2.34. The van der Waals surface area contributed by atoms with Crippen LogP contribution in [0, 0.1) is 11.8 Å². The molecule has 2 rings (SSSR count). The van der Waals surface area contributed by atoms with Crippen LogP contribution in [0.3, 0.4) is 0 Å². The highest BCUT2D eigenvalue weighted by Crippen LogP contribution is 2.24. The third-order valence-electron chi connectivity index (χ3n) is 4.18. The third kappa shape index (κ3) is 5.17. The topological polar surface area (TPSA) is 32.7 Å². The number of rotatable bonds is 7. The Morgan fingerprint density at radius 1 is 1.40 bits per heavy atom. The van der Waals surface area contributed by atoms with Crippen molar-refractivity contribution in [1.82, 2.24) is 4.90 Å². The molecule has 1 aliphatic rings. The van der Waals surface area contributed by atoms with Crippen molar-refractivity contribution in [2.75, 3.05) is 26.2 Å². The highest BCUT2D eigenvalue weighted by atomic mass is 32.1. The lowest BCUT2D eigenvalue weighted by atomic mass is 9.87. The van der Waals surface area contributed by atoms with Gasteiger partial charge in [-0.1, -0.05) is 19.9 Å². The van der Waals surface area contributed by atoms with E-state index in [1.807, 2.05) is 11.4 Å². The molecule has 1 atom stereocenters. The van der Waals surface area contributed by atoms with E-state index < -0.39 is 0 Å². The first-order valence-corrected chi connectivity index (χ1v) is 8.53. The van der Waals surface area contributed by atoms with E-state index in [0.29, 0.717) is 13.2 Å². The number of ether oxygens (including phenoxy) is 1. The minimum atomic E-state index is -0.370. The second-order valence-electron chi connectivity index (χ2n) is 6.13. The second-order valence-corrected chi connectivity index (χ2v) is 7.16. The van der Waals surface area contributed by atoms with Gasteiger partial charge in [0.15, 0.2) is 0 Å². The summed E-state index contributed by atoms with van der Waals surface area (Å²) in [5.74, 6) is 1.65. The van der Waals surface area contributed by atoms with E-state index in [1.54, 1.807) is 11.3 Å². The van der Waals surface area contributed by atoms with Crippen LogP contribution in [0.4, 0.5) is 0 Å². The fourth-order valence-corrected chi connectivity index (χ4v) is 3.48. The van der Waals surface area contributed by atoms with Gasteiger partial charge < -0.3 is 14.7 Å². The van der Waals surface area contributed by atoms with Gasteiger partial charge in [-0.15, -0.1) is 11.3 Å². The number of nitrogens with zero attached hydrogens (tertiary/aromatic N) is 1. The second kappa shape index (κ2) is 8.13. The molecule has 1 saturated heterocycles. The minimum Gasteiger partial charge on any atom is -0.389 e. The molecule has 114 valence electrons. The predicted molar refractivity (Wildman–Crippen MR) is 84.0 cm³/mol. The van der Waals surface area contributed by atoms with Crippen LogP contribution in [0.5, 0.6) is 0 Å². The summed E-state index contributed by atoms with van der Waals surface area (Å²) in [4.78, 5) is 3.59. The Kier molecular flexibility index (Phi) is 6.49. The first kappa shape index (κ1) is 16.0. The van der Waals surface area contributed by atoms with Crippen molar-refractivity contribution < 1.29 is 9.84 Å². The lowest BCUT2D eigenvalue weighted by molar-refractivity contribution is 0.00380. The first-order chi connectivity index (χ1) is 9.65. The van der Waals surface area contributed by atoms with Crippen molar-refractivity contribution in [3.63, 3.8) is 0 Å². The van der Waals surface area contributed by atoms with Gasteiger partial charge >= 0.3 is 0 Å². The fraction of sp³-hybridized carbons (Fsp3) is 0.750. The van der Waals surface area contributed by atoms with Crippen LogP contribution in [0.2, 0.25) is 0 Å². The van der Waals surface area contributed by atoms with Crippen molar-refractivity contribution >= 4 is 11.3 Å². The zero-order valence-electron chi connectivity index (χ0n) is 12.6. The number of piperidine rings is 1. The largest absolute Gasteiger partial charge is 0.389 e. The monoisotopic (exact) mass is 297 g/mol. The van der Waals surface area contributed by atoms with Crippen LogP contribution in [0.15, 0.2) is 17.5 Å². The summed E-state index contributed by atoms with van der Waals surface area (Å²) in [6.07, 6.45) is 2.16. The van der Waals surface area contributed by atoms with E-state index in [9.17, 15) is 5.11 Å². The predicted octanol–water partition coefficient (Wildman–Crippen LogP) is 2.99. The summed E-state index contributed by atoms with van der Waals surface area (Å²) in [5, 5.41) is 12.1. The molecule has 1 aromatic rings. The molecule has 0 aliphatic carbocycles. The summed E-state index contributed by atoms with van der Waals surface area (Å²) in [6.45, 7) is 8.65. The Balaban J connectivity index is 1.59. The summed E-state index contributed by atoms with van der Waals surface area (Å²) in [6, 6.07) is 4.09. The van der Waals surface area contributed by atoms with E-state index in [-0.39, 0.29) is 6.10 Å². The molecule has 0 radical (unpaired) electrons. The first-order valence-electron chi connectivity index (χ1n) is 7.65. The van der Waals surface area contributed by atoms with E-state index >= 15 is 0 Å². The molecule has 0 saturated carbocycles. The van der Waals surface area contributed by atoms with Crippen LogP contribution in [0.25, 0.3) is 0 Å². The molecule has 1 N–H and O–H groups in total. The molecular formula is C16H27NO2S. The molecule has 1 aromatic heterocycles. The number of hydrogen-bond donors (Lipinski definition) is 1. The van der Waals surface area contributed by atoms with Crippen molar-refractivity contribution in [2.24, 2.45) is 11.8 Å². The van der Waals surface area contributed by atoms with Crippen molar-refractivity contribution in [3.05, 3.63) is 22.4 Å². The summed E-state index contributed by atoms with van der Waals surface area (Å²) < 4.78 is 5.57. The smallest absolute Gasteiger partial charge is 0.0900 e. The molecule has 4 heteroatoms. The molecule has 1 aliphatic heterocycles. The average molecular weight is 297 g/mol. The lowest BCUT2D eigenvalue weighted by Crippen LogP contribution is -2.41. The zero-order valence-corrected chi connectivity index (χ0v) is 13.4. The SMILES string of the molecule is CC(C)C1CCN(CC(O)COCc2cccs2)CC1. The molecule has 1 fully saturated rings. The number of β-amino-alcohol motifs (C(OH)–C–C–N with tert-alkyl or cyclic N) is 1. The van der Waals surface area contributed by atoms with Gasteiger partial charge in [-0.05, 0) is 49.2 Å². The van der Waals surface area contributed by atoms with E-state index in [0.717, 1.165) is 31.5 Å². The third-order valence-corrected chi connectivity index (χ3v) is 5.03. The van der Waals surface area contributed by atoms with Crippen molar-refractivity contribution in [3.8, 4) is 0 Å². The Morgan fingerprint density at radius 3 is 2.75 bits per heavy atom. The molecule has 0 spiro atoms. The molecular weight excluding hydrogens is 270 g/mol. The number of thiophene rings is 1. The summed E-state index contributed by atoms with van der Waals surface area (Å²) in [5.41, 5.74) is 0. The number of likely N-dealkylation sites (tertiary alicyclic amines) is 1. The van der Waals surface area contributed by atoms with Gasteiger partial charge in [0, 0.05) is 11.4 Å². The fourth-order valence-electron chi connectivity index (χ4n) is 2.84. The Labute approximate surface area is 126 Å². The molecule has 0 bridgehead atoms. The highest BCUT2D eigenvalue weighted by Gasteiger charge is 2.22. The molecule has 3 nitrogen and oxygen atoms in total. The standard InChI is InChI=1S/C16H27NO2S/c1-13(2)14-5-7-17(8-6-14)10-15(18)11-19-12-16-4-3-9-20-16/h3-4,9,13-15,18H,5-8,10-12H2,1-2H3. The normalized spacial score (nSPS) is 19.6. The van der Waals surface area contributed by atoms with Gasteiger partial charge in [-0.25, -0.2) is 0 Å². The maximum absolute atomic E-state index is 10.0. The molecule has 1 unspecified atom stereocenters. The maximum Gasteiger partial charge on any atom is 0.0900 e. The van der Waals surface area contributed by atoms with Crippen molar-refractivity contribution in [2.45, 2.75) is 39.4 Å². The Hall–Kier alpha value is -0.420. The summed E-state index contributed by atoms with van der Waals surface area (Å²) >= 11 is 1.70. The molecule has 2 heterocycles. The van der Waals surface area contributed by atoms with Gasteiger partial charge in [0.1, 0.15) is 0 Å². The number of hydrogen-bond acceptors (Lipinski definition) is 4. The van der Waals surface area contributed by atoms with Crippen molar-refractivity contribution in [1.29, 1.82) is 0 Å². The molecule has 0 aromatic carbocycles. The van der Waals surface area contributed by atoms with Crippen LogP contribution >= 0.6 is 11.3 Å². The zero-order chi connectivity index (χ0) is 14.4. The quantitative estimate of drug-likeness (QED) is 0.840. The van der Waals surface area contributed by atoms with Gasteiger partial charge in [-0.2, -0.15) is 0 Å². The molecule has 20 heavy (non-hydrogen) atoms. The Morgan fingerprint density at radius 2 is 2.15 bits per heavy atom. The van der Waals surface area contributed by atoms with Crippen LogP contribution in [0.1, 0.15) is 31.6 Å². The van der Waals surface area contributed by atoms with Gasteiger partial charge in [-0.3, -0.25) is 0 Å². The Bertz CT molecular complexity index is 359. The van der Waals surface area contributed by atoms with E-state index in [4.69, 9.17) is 4.74 Å². The minimum absolute atomic E-state index is 0.370. The maximum atomic E-state index is 10.0. The highest BCUT2D eigenvalue weighted by molar-refractivity contribution is 7.09. The van der Waals surface area contributed by atoms with Crippen LogP contribution in [-0.2, 0) is 11.3 Å². The van der Waals surface area contributed by atoms with E-state index in [2.05, 4.69) is 24.8 Å². The van der Waals surface area contributed by atoms with Crippen LogP contribution < -0.4 is 0 Å². The van der Waals surface area contributed by atoms with Gasteiger partial charge in [0.25, 0.3) is 0 Å². The van der Waals surface area contributed by atoms with E-state index in [1.165, 1.54) is 17.7 Å². The molecule has 0 amide bonds. The van der Waals surface area contributed by atoms with Gasteiger partial charge in [0.05, 0.1) is 19.3 Å².